The van der Waals surface area contributed by atoms with E-state index in [0.29, 0.717) is 0 Å². The van der Waals surface area contributed by atoms with E-state index in [1.807, 2.05) is 13.1 Å². The monoisotopic (exact) mass is 116 g/mol. The Morgan fingerprint density at radius 1 is 1.57 bits per heavy atom. The third-order valence-electron chi connectivity index (χ3n) is 0.681. The van der Waals surface area contributed by atoms with E-state index in [9.17, 15) is 4.79 Å². The Morgan fingerprint density at radius 3 is 2.00 bits per heavy atom. The van der Waals surface area contributed by atoms with Crippen LogP contribution in [-0.4, -0.2) is 21.4 Å². The van der Waals surface area contributed by atoms with Crippen LogP contribution >= 0.6 is 0 Å². The van der Waals surface area contributed by atoms with Crippen LogP contribution in [0.2, 0.25) is 13.1 Å². The van der Waals surface area contributed by atoms with Crippen molar-refractivity contribution in [2.75, 3.05) is 7.05 Å². The molecule has 41 valence electrons. The molecule has 0 saturated carbocycles. The molecule has 0 fully saturated rings. The van der Waals surface area contributed by atoms with Crippen LogP contribution in [0.4, 0.5) is 4.79 Å². The van der Waals surface area contributed by atoms with Gasteiger partial charge in [-0.3, -0.25) is 4.79 Å². The summed E-state index contributed by atoms with van der Waals surface area (Å²) in [6.07, 6.45) is 0. The van der Waals surface area contributed by atoms with Gasteiger partial charge in [0.15, 0.2) is 14.3 Å². The van der Waals surface area contributed by atoms with Gasteiger partial charge in [0, 0.05) is 7.05 Å². The highest BCUT2D eigenvalue weighted by Crippen LogP contribution is 1.77. The molecule has 0 aromatic carbocycles. The van der Waals surface area contributed by atoms with Crippen LogP contribution in [0.25, 0.3) is 0 Å². The summed E-state index contributed by atoms with van der Waals surface area (Å²) in [4.78, 5) is 10.4. The normalized spacial score (nSPS) is 9.14. The average Bonchev–Trinajstić information content (AvgIpc) is 1.65. The molecule has 1 N–H and O–H groups in total. The smallest absolute Gasteiger partial charge is 0.189 e. The molecule has 0 bridgehead atoms. The van der Waals surface area contributed by atoms with Gasteiger partial charge in [0.25, 0.3) is 0 Å². The zero-order chi connectivity index (χ0) is 5.86. The number of hydrogen-bond acceptors (Lipinski definition) is 1. The van der Waals surface area contributed by atoms with E-state index in [1.165, 1.54) is 0 Å². The van der Waals surface area contributed by atoms with Crippen LogP contribution in [0.3, 0.4) is 0 Å². The number of hydrogen-bond donors (Lipinski definition) is 1. The fraction of sp³-hybridized carbons (Fsp3) is 0.750. The Kier molecular flexibility index (Phi) is 2.67. The molecule has 0 rings (SSSR count). The third kappa shape index (κ3) is 2.39. The van der Waals surface area contributed by atoms with E-state index in [2.05, 4.69) is 5.32 Å². The van der Waals surface area contributed by atoms with Gasteiger partial charge in [-0.25, -0.2) is 0 Å². The quantitative estimate of drug-likeness (QED) is 0.501. The van der Waals surface area contributed by atoms with Crippen LogP contribution in [0.5, 0.6) is 0 Å². The van der Waals surface area contributed by atoms with Crippen molar-refractivity contribution in [1.29, 1.82) is 0 Å². The highest BCUT2D eigenvalue weighted by atomic mass is 28.3. The molecule has 0 aliphatic rings. The molecule has 0 saturated heterocycles. The predicted octanol–water partition coefficient (Wildman–Crippen LogP) is 0.662. The van der Waals surface area contributed by atoms with Crippen molar-refractivity contribution < 1.29 is 4.79 Å². The molecule has 2 nitrogen and oxygen atoms in total. The molecule has 0 aromatic rings. The number of carbonyl (C=O) groups excluding carboxylic acids is 1. The molecule has 0 aliphatic heterocycles. The zero-order valence-corrected chi connectivity index (χ0v) is 5.91. The largest absolute Gasteiger partial charge is 0.364 e. The molecular formula is C4H10NOSi. The van der Waals surface area contributed by atoms with Crippen molar-refractivity contribution in [3.8, 4) is 0 Å². The molecule has 1 amide bonds. The SMILES string of the molecule is CNC(=O)[Si](C)C. The Balaban J connectivity index is 3.35. The van der Waals surface area contributed by atoms with Gasteiger partial charge in [0.05, 0.1) is 0 Å². The van der Waals surface area contributed by atoms with Crippen LogP contribution < -0.4 is 5.32 Å². The molecule has 1 radical (unpaired) electrons. The van der Waals surface area contributed by atoms with Gasteiger partial charge < -0.3 is 5.32 Å². The number of nitrogens with one attached hydrogen (secondary N) is 1. The molecule has 0 aliphatic carbocycles. The fourth-order valence-corrected chi connectivity index (χ4v) is 0.750. The van der Waals surface area contributed by atoms with Crippen molar-refractivity contribution in [2.45, 2.75) is 13.1 Å². The van der Waals surface area contributed by atoms with Gasteiger partial charge in [-0.05, 0) is 0 Å². The zero-order valence-electron chi connectivity index (χ0n) is 4.91. The summed E-state index contributed by atoms with van der Waals surface area (Å²) in [7, 11) is 0.953. The second kappa shape index (κ2) is 2.79. The Labute approximate surface area is 45.5 Å². The minimum absolute atomic E-state index is 0.199. The maximum absolute atomic E-state index is 10.4. The standard InChI is InChI=1S/C4H10NOSi/c1-5-4(6)7(2)3/h1-3H3,(H,5,6). The minimum Gasteiger partial charge on any atom is -0.364 e. The maximum atomic E-state index is 10.4. The van der Waals surface area contributed by atoms with Crippen molar-refractivity contribution in [3.05, 3.63) is 0 Å². The minimum atomic E-state index is -0.713. The summed E-state index contributed by atoms with van der Waals surface area (Å²) in [6.45, 7) is 3.92. The molecule has 3 heteroatoms. The summed E-state index contributed by atoms with van der Waals surface area (Å²) in [5.41, 5.74) is 0.199. The van der Waals surface area contributed by atoms with E-state index in [4.69, 9.17) is 0 Å². The van der Waals surface area contributed by atoms with Crippen molar-refractivity contribution in [1.82, 2.24) is 5.32 Å². The molecule has 0 aromatic heterocycles. The lowest BCUT2D eigenvalue weighted by atomic mass is 11.2. The summed E-state index contributed by atoms with van der Waals surface area (Å²) in [5, 5.41) is 2.57. The van der Waals surface area contributed by atoms with Crippen LogP contribution in [0.15, 0.2) is 0 Å². The predicted molar refractivity (Wildman–Crippen MR) is 31.9 cm³/mol. The van der Waals surface area contributed by atoms with E-state index < -0.39 is 8.80 Å². The summed E-state index contributed by atoms with van der Waals surface area (Å²) < 4.78 is 0. The first-order valence-electron chi connectivity index (χ1n) is 2.20. The molecular weight excluding hydrogens is 106 g/mol. The van der Waals surface area contributed by atoms with E-state index in [1.54, 1.807) is 7.05 Å². The summed E-state index contributed by atoms with van der Waals surface area (Å²) in [5.74, 6) is 0. The second-order valence-corrected chi connectivity index (χ2v) is 4.03. The molecule has 0 unspecified atom stereocenters. The molecule has 7 heavy (non-hydrogen) atoms. The van der Waals surface area contributed by atoms with Gasteiger partial charge >= 0.3 is 0 Å². The second-order valence-electron chi connectivity index (χ2n) is 1.58. The van der Waals surface area contributed by atoms with Crippen molar-refractivity contribution >= 4 is 14.3 Å². The maximum Gasteiger partial charge on any atom is 0.189 e. The van der Waals surface area contributed by atoms with E-state index in [-0.39, 0.29) is 5.53 Å². The first-order valence-corrected chi connectivity index (χ1v) is 4.70. The molecule has 0 spiro atoms. The van der Waals surface area contributed by atoms with Crippen LogP contribution in [0, 0.1) is 0 Å². The summed E-state index contributed by atoms with van der Waals surface area (Å²) in [6, 6.07) is 0. The van der Waals surface area contributed by atoms with Gasteiger partial charge in [0.1, 0.15) is 0 Å². The van der Waals surface area contributed by atoms with Gasteiger partial charge in [0.2, 0.25) is 0 Å². The Morgan fingerprint density at radius 2 is 2.00 bits per heavy atom. The lowest BCUT2D eigenvalue weighted by Gasteiger charge is -1.96. The van der Waals surface area contributed by atoms with Crippen LogP contribution in [-0.2, 0) is 0 Å². The van der Waals surface area contributed by atoms with E-state index in [0.717, 1.165) is 0 Å². The highest BCUT2D eigenvalue weighted by molar-refractivity contribution is 6.87. The summed E-state index contributed by atoms with van der Waals surface area (Å²) >= 11 is 0. The van der Waals surface area contributed by atoms with Gasteiger partial charge in [-0.2, -0.15) is 0 Å². The third-order valence-corrected chi connectivity index (χ3v) is 1.84. The Hall–Kier alpha value is -0.313. The highest BCUT2D eigenvalue weighted by Gasteiger charge is 2.03. The fourth-order valence-electron chi connectivity index (χ4n) is 0.250. The van der Waals surface area contributed by atoms with Gasteiger partial charge in [-0.15, -0.1) is 0 Å². The lowest BCUT2D eigenvalue weighted by Crippen LogP contribution is -2.28. The topological polar surface area (TPSA) is 29.1 Å². The lowest BCUT2D eigenvalue weighted by molar-refractivity contribution is 0.260. The number of rotatable bonds is 1. The molecule has 0 heterocycles. The first-order chi connectivity index (χ1) is 3.18. The van der Waals surface area contributed by atoms with Crippen molar-refractivity contribution in [2.24, 2.45) is 0 Å². The van der Waals surface area contributed by atoms with Crippen molar-refractivity contribution in [3.63, 3.8) is 0 Å². The number of carbonyl (C=O) groups is 1. The first kappa shape index (κ1) is 6.69. The van der Waals surface area contributed by atoms with Crippen LogP contribution in [0.1, 0.15) is 0 Å². The molecule has 0 atom stereocenters. The Bertz CT molecular complexity index is 72.1. The number of amides is 1. The van der Waals surface area contributed by atoms with E-state index >= 15 is 0 Å². The average molecular weight is 116 g/mol. The van der Waals surface area contributed by atoms with Gasteiger partial charge in [-0.1, -0.05) is 13.1 Å².